The van der Waals surface area contributed by atoms with Gasteiger partial charge < -0.3 is 19.1 Å². The fourth-order valence-corrected chi connectivity index (χ4v) is 5.10. The fourth-order valence-electron chi connectivity index (χ4n) is 4.03. The van der Waals surface area contributed by atoms with Crippen LogP contribution in [0.5, 0.6) is 11.9 Å². The minimum atomic E-state index is -3.83. The van der Waals surface area contributed by atoms with Crippen LogP contribution in [0.1, 0.15) is 0 Å². The first-order valence-corrected chi connectivity index (χ1v) is 12.8. The summed E-state index contributed by atoms with van der Waals surface area (Å²) in [5, 5.41) is 0.845. The van der Waals surface area contributed by atoms with Crippen molar-refractivity contribution in [2.24, 2.45) is 0 Å². The summed E-state index contributed by atoms with van der Waals surface area (Å²) in [4.78, 5) is 15.7. The van der Waals surface area contributed by atoms with E-state index in [2.05, 4.69) is 24.6 Å². The van der Waals surface area contributed by atoms with Crippen molar-refractivity contribution in [1.29, 1.82) is 0 Å². The molecule has 0 radical (unpaired) electrons. The SMILES string of the molecule is COc1nc(N2CCOCC2)c2cc(-c3cnc(OC)c(NS(=O)(=O)c4ccccc4)c3)ccc2n1. The van der Waals surface area contributed by atoms with E-state index in [4.69, 9.17) is 14.2 Å². The summed E-state index contributed by atoms with van der Waals surface area (Å²) in [6.45, 7) is 2.63. The number of hydrogen-bond donors (Lipinski definition) is 1. The largest absolute Gasteiger partial charge is 0.480 e. The van der Waals surface area contributed by atoms with Crippen LogP contribution < -0.4 is 19.1 Å². The average molecular weight is 508 g/mol. The highest BCUT2D eigenvalue weighted by Crippen LogP contribution is 2.34. The van der Waals surface area contributed by atoms with Crippen LogP contribution >= 0.6 is 0 Å². The molecule has 2 aromatic heterocycles. The fraction of sp³-hybridized carbons (Fsp3) is 0.240. The Balaban J connectivity index is 1.57. The Kier molecular flexibility index (Phi) is 6.57. The maximum absolute atomic E-state index is 12.9. The van der Waals surface area contributed by atoms with Crippen molar-refractivity contribution in [2.75, 3.05) is 50.1 Å². The zero-order valence-electron chi connectivity index (χ0n) is 19.8. The van der Waals surface area contributed by atoms with Gasteiger partial charge in [0.05, 0.1) is 37.8 Å². The molecule has 1 aliphatic heterocycles. The number of nitrogens with one attached hydrogen (secondary N) is 1. The van der Waals surface area contributed by atoms with Crippen molar-refractivity contribution in [1.82, 2.24) is 15.0 Å². The predicted molar refractivity (Wildman–Crippen MR) is 136 cm³/mol. The van der Waals surface area contributed by atoms with Gasteiger partial charge in [-0.15, -0.1) is 0 Å². The molecular formula is C25H25N5O5S. The number of sulfonamides is 1. The molecule has 36 heavy (non-hydrogen) atoms. The smallest absolute Gasteiger partial charge is 0.318 e. The number of fused-ring (bicyclic) bond motifs is 1. The van der Waals surface area contributed by atoms with Gasteiger partial charge in [0.1, 0.15) is 11.5 Å². The number of morpholine rings is 1. The number of anilines is 2. The standard InChI is InChI=1S/C25H25N5O5S/c1-33-24-22(29-36(31,32)19-6-4-3-5-7-19)15-18(16-26-24)17-8-9-21-20(14-17)23(28-25(27-21)34-2)30-10-12-35-13-11-30/h3-9,14-16,29H,10-13H2,1-2H3. The van der Waals surface area contributed by atoms with Gasteiger partial charge in [-0.1, -0.05) is 24.3 Å². The topological polar surface area (TPSA) is 116 Å². The third-order valence-corrected chi connectivity index (χ3v) is 7.21. The molecule has 11 heteroatoms. The van der Waals surface area contributed by atoms with E-state index in [0.29, 0.717) is 37.9 Å². The van der Waals surface area contributed by atoms with Crippen molar-refractivity contribution < 1.29 is 22.6 Å². The van der Waals surface area contributed by atoms with Gasteiger partial charge in [-0.2, -0.15) is 9.97 Å². The molecule has 0 saturated carbocycles. The van der Waals surface area contributed by atoms with Gasteiger partial charge in [-0.25, -0.2) is 13.4 Å². The van der Waals surface area contributed by atoms with E-state index in [1.54, 1.807) is 37.6 Å². The quantitative estimate of drug-likeness (QED) is 0.402. The minimum Gasteiger partial charge on any atom is -0.480 e. The van der Waals surface area contributed by atoms with Crippen LogP contribution in [0, 0.1) is 0 Å². The lowest BCUT2D eigenvalue weighted by atomic mass is 10.0. The van der Waals surface area contributed by atoms with Gasteiger partial charge in [0, 0.05) is 30.2 Å². The first kappa shape index (κ1) is 23.8. The normalized spacial score (nSPS) is 14.0. The van der Waals surface area contributed by atoms with Crippen molar-refractivity contribution in [3.05, 3.63) is 60.8 Å². The zero-order valence-corrected chi connectivity index (χ0v) is 20.7. The van der Waals surface area contributed by atoms with Crippen molar-refractivity contribution in [3.8, 4) is 23.0 Å². The monoisotopic (exact) mass is 507 g/mol. The second-order valence-electron chi connectivity index (χ2n) is 8.06. The number of pyridine rings is 1. The van der Waals surface area contributed by atoms with Crippen molar-refractivity contribution in [2.45, 2.75) is 4.90 Å². The molecule has 1 saturated heterocycles. The molecule has 186 valence electrons. The molecule has 2 aromatic carbocycles. The highest BCUT2D eigenvalue weighted by molar-refractivity contribution is 7.92. The van der Waals surface area contributed by atoms with E-state index in [9.17, 15) is 8.42 Å². The highest BCUT2D eigenvalue weighted by Gasteiger charge is 2.20. The number of benzene rings is 2. The van der Waals surface area contributed by atoms with E-state index in [1.807, 2.05) is 18.2 Å². The number of rotatable bonds is 7. The molecule has 1 aliphatic rings. The molecule has 0 bridgehead atoms. The van der Waals surface area contributed by atoms with Gasteiger partial charge in [-0.3, -0.25) is 4.72 Å². The van der Waals surface area contributed by atoms with E-state index in [-0.39, 0.29) is 16.5 Å². The molecule has 0 amide bonds. The highest BCUT2D eigenvalue weighted by atomic mass is 32.2. The molecule has 1 fully saturated rings. The number of nitrogens with zero attached hydrogens (tertiary/aromatic N) is 4. The molecular weight excluding hydrogens is 482 g/mol. The Morgan fingerprint density at radius 1 is 0.944 bits per heavy atom. The Hall–Kier alpha value is -3.96. The van der Waals surface area contributed by atoms with Crippen LogP contribution in [0.25, 0.3) is 22.0 Å². The predicted octanol–water partition coefficient (Wildman–Crippen LogP) is 3.35. The molecule has 0 unspecified atom stereocenters. The van der Waals surface area contributed by atoms with Crippen LogP contribution in [-0.2, 0) is 14.8 Å². The number of hydrogen-bond acceptors (Lipinski definition) is 9. The Bertz CT molecular complexity index is 1490. The van der Waals surface area contributed by atoms with Crippen LogP contribution in [0.2, 0.25) is 0 Å². The number of ether oxygens (including phenoxy) is 3. The summed E-state index contributed by atoms with van der Waals surface area (Å²) in [5.41, 5.74) is 2.49. The van der Waals surface area contributed by atoms with Gasteiger partial charge >= 0.3 is 6.01 Å². The lowest BCUT2D eigenvalue weighted by Gasteiger charge is -2.28. The number of aromatic nitrogens is 3. The molecule has 0 aliphatic carbocycles. The van der Waals surface area contributed by atoms with Crippen molar-refractivity contribution >= 4 is 32.4 Å². The van der Waals surface area contributed by atoms with E-state index < -0.39 is 10.0 Å². The molecule has 3 heterocycles. The van der Waals surface area contributed by atoms with Gasteiger partial charge in [-0.05, 0) is 35.9 Å². The average Bonchev–Trinajstić information content (AvgIpc) is 2.93. The lowest BCUT2D eigenvalue weighted by Crippen LogP contribution is -2.37. The maximum atomic E-state index is 12.9. The molecule has 4 aromatic rings. The first-order valence-electron chi connectivity index (χ1n) is 11.3. The summed E-state index contributed by atoms with van der Waals surface area (Å²) in [5.74, 6) is 0.926. The van der Waals surface area contributed by atoms with E-state index in [0.717, 1.165) is 22.3 Å². The molecule has 10 nitrogen and oxygen atoms in total. The summed E-state index contributed by atoms with van der Waals surface area (Å²) in [7, 11) is -0.847. The Labute approximate surface area is 208 Å². The maximum Gasteiger partial charge on any atom is 0.318 e. The van der Waals surface area contributed by atoms with E-state index in [1.165, 1.54) is 19.2 Å². The van der Waals surface area contributed by atoms with E-state index >= 15 is 0 Å². The Morgan fingerprint density at radius 2 is 1.72 bits per heavy atom. The minimum absolute atomic E-state index is 0.143. The summed E-state index contributed by atoms with van der Waals surface area (Å²) in [6, 6.07) is 15.9. The van der Waals surface area contributed by atoms with Crippen molar-refractivity contribution in [3.63, 3.8) is 0 Å². The van der Waals surface area contributed by atoms with Crippen LogP contribution in [-0.4, -0.2) is 63.9 Å². The summed E-state index contributed by atoms with van der Waals surface area (Å²) < 4.78 is 44.6. The van der Waals surface area contributed by atoms with Gasteiger partial charge in [0.2, 0.25) is 5.88 Å². The second-order valence-corrected chi connectivity index (χ2v) is 9.75. The lowest BCUT2D eigenvalue weighted by molar-refractivity contribution is 0.122. The third-order valence-electron chi connectivity index (χ3n) is 5.82. The second kappa shape index (κ2) is 9.96. The third kappa shape index (κ3) is 4.75. The van der Waals surface area contributed by atoms with Crippen LogP contribution in [0.15, 0.2) is 65.7 Å². The Morgan fingerprint density at radius 3 is 2.44 bits per heavy atom. The zero-order chi connectivity index (χ0) is 25.1. The molecule has 5 rings (SSSR count). The van der Waals surface area contributed by atoms with Gasteiger partial charge in [0.25, 0.3) is 10.0 Å². The van der Waals surface area contributed by atoms with Gasteiger partial charge in [0.15, 0.2) is 0 Å². The molecule has 0 spiro atoms. The summed E-state index contributed by atoms with van der Waals surface area (Å²) >= 11 is 0. The first-order chi connectivity index (χ1) is 17.5. The molecule has 0 atom stereocenters. The van der Waals surface area contributed by atoms with Crippen LogP contribution in [0.4, 0.5) is 11.5 Å². The summed E-state index contributed by atoms with van der Waals surface area (Å²) in [6.07, 6.45) is 1.64. The molecule has 1 N–H and O–H groups in total. The van der Waals surface area contributed by atoms with Crippen LogP contribution in [0.3, 0.4) is 0 Å². The number of methoxy groups -OCH3 is 2.